The number of carbonyl (C=O) groups is 2. The summed E-state index contributed by atoms with van der Waals surface area (Å²) in [7, 11) is 0. The normalized spacial score (nSPS) is 13.8. The van der Waals surface area contributed by atoms with Crippen LogP contribution in [0.2, 0.25) is 0 Å². The highest BCUT2D eigenvalue weighted by atomic mass is 19.2. The van der Waals surface area contributed by atoms with Crippen LogP contribution in [0.15, 0.2) is 36.4 Å². The van der Waals surface area contributed by atoms with Crippen LogP contribution in [-0.4, -0.2) is 11.8 Å². The predicted molar refractivity (Wildman–Crippen MR) is 63.9 cm³/mol. The highest BCUT2D eigenvalue weighted by molar-refractivity contribution is 6.34. The van der Waals surface area contributed by atoms with Gasteiger partial charge in [-0.2, -0.15) is 0 Å². The van der Waals surface area contributed by atoms with Gasteiger partial charge in [-0.25, -0.2) is 18.1 Å². The number of hydrogen-bond donors (Lipinski definition) is 0. The van der Waals surface area contributed by atoms with E-state index in [4.69, 9.17) is 0 Å². The number of anilines is 1. The third-order valence-corrected chi connectivity index (χ3v) is 3.02. The van der Waals surface area contributed by atoms with E-state index in [1.165, 1.54) is 12.1 Å². The van der Waals surface area contributed by atoms with Crippen molar-refractivity contribution in [1.82, 2.24) is 0 Å². The Morgan fingerprint density at radius 3 is 2.05 bits per heavy atom. The number of rotatable bonds is 1. The Balaban J connectivity index is 2.23. The molecule has 0 aromatic heterocycles. The fraction of sp³-hybridized carbons (Fsp3) is 0. The minimum absolute atomic E-state index is 0.165. The number of carbonyl (C=O) groups excluding carboxylic acids is 2. The fourth-order valence-corrected chi connectivity index (χ4v) is 2.13. The first-order valence-electron chi connectivity index (χ1n) is 5.63. The number of amides is 2. The van der Waals surface area contributed by atoms with Crippen molar-refractivity contribution in [3.63, 3.8) is 0 Å². The minimum atomic E-state index is -1.52. The Morgan fingerprint density at radius 2 is 1.40 bits per heavy atom. The second-order valence-electron chi connectivity index (χ2n) is 4.19. The Kier molecular flexibility index (Phi) is 2.60. The molecule has 0 bridgehead atoms. The molecule has 1 aliphatic rings. The summed E-state index contributed by atoms with van der Waals surface area (Å²) in [5.74, 6) is -6.36. The number of nitrogens with zero attached hydrogens (tertiary/aromatic N) is 1. The maximum atomic E-state index is 13.7. The zero-order chi connectivity index (χ0) is 14.4. The molecule has 3 nitrogen and oxygen atoms in total. The van der Waals surface area contributed by atoms with Gasteiger partial charge in [-0.3, -0.25) is 9.59 Å². The molecule has 3 rings (SSSR count). The SMILES string of the molecule is O=C1c2c(F)cc(F)c(F)c2C(=O)N1c1ccccc1. The Bertz CT molecular complexity index is 744. The average Bonchev–Trinajstić information content (AvgIpc) is 2.69. The third-order valence-electron chi connectivity index (χ3n) is 3.02. The van der Waals surface area contributed by atoms with Gasteiger partial charge >= 0.3 is 0 Å². The third kappa shape index (κ3) is 1.54. The van der Waals surface area contributed by atoms with Crippen LogP contribution in [0.4, 0.5) is 18.9 Å². The van der Waals surface area contributed by atoms with Crippen LogP contribution in [0.5, 0.6) is 0 Å². The quantitative estimate of drug-likeness (QED) is 0.593. The lowest BCUT2D eigenvalue weighted by Gasteiger charge is -2.13. The summed E-state index contributed by atoms with van der Waals surface area (Å²) in [6, 6.07) is 7.91. The number of halogens is 3. The molecule has 0 spiro atoms. The summed E-state index contributed by atoms with van der Waals surface area (Å²) in [5, 5.41) is 0. The van der Waals surface area contributed by atoms with E-state index in [0.717, 1.165) is 0 Å². The highest BCUT2D eigenvalue weighted by Gasteiger charge is 2.42. The summed E-state index contributed by atoms with van der Waals surface area (Å²) in [4.78, 5) is 24.8. The van der Waals surface area contributed by atoms with Gasteiger partial charge in [0.2, 0.25) is 0 Å². The van der Waals surface area contributed by atoms with Crippen LogP contribution < -0.4 is 4.90 Å². The van der Waals surface area contributed by atoms with Gasteiger partial charge in [0.1, 0.15) is 5.82 Å². The second kappa shape index (κ2) is 4.19. The maximum Gasteiger partial charge on any atom is 0.269 e. The van der Waals surface area contributed by atoms with E-state index in [9.17, 15) is 22.8 Å². The van der Waals surface area contributed by atoms with E-state index >= 15 is 0 Å². The molecule has 100 valence electrons. The molecule has 0 saturated carbocycles. The molecular formula is C14H6F3NO2. The van der Waals surface area contributed by atoms with Crippen molar-refractivity contribution in [2.75, 3.05) is 4.90 Å². The lowest BCUT2D eigenvalue weighted by molar-refractivity contribution is 0.0924. The number of hydrogen-bond acceptors (Lipinski definition) is 2. The zero-order valence-electron chi connectivity index (χ0n) is 9.86. The van der Waals surface area contributed by atoms with Crippen LogP contribution in [0.1, 0.15) is 20.7 Å². The molecule has 2 amide bonds. The minimum Gasteiger partial charge on any atom is -0.268 e. The van der Waals surface area contributed by atoms with Gasteiger partial charge < -0.3 is 0 Å². The Labute approximate surface area is 111 Å². The van der Waals surface area contributed by atoms with E-state index in [-0.39, 0.29) is 11.8 Å². The molecule has 0 unspecified atom stereocenters. The number of fused-ring (bicyclic) bond motifs is 1. The van der Waals surface area contributed by atoms with Gasteiger partial charge in [0.05, 0.1) is 16.8 Å². The maximum absolute atomic E-state index is 13.7. The van der Waals surface area contributed by atoms with Crippen molar-refractivity contribution in [1.29, 1.82) is 0 Å². The van der Waals surface area contributed by atoms with Gasteiger partial charge in [0.15, 0.2) is 11.6 Å². The molecule has 6 heteroatoms. The largest absolute Gasteiger partial charge is 0.269 e. The molecule has 0 saturated heterocycles. The molecule has 2 aromatic rings. The van der Waals surface area contributed by atoms with E-state index in [0.29, 0.717) is 4.90 Å². The van der Waals surface area contributed by atoms with Gasteiger partial charge in [-0.1, -0.05) is 18.2 Å². The summed E-state index contributed by atoms with van der Waals surface area (Å²) < 4.78 is 40.5. The molecule has 0 N–H and O–H groups in total. The summed E-state index contributed by atoms with van der Waals surface area (Å²) >= 11 is 0. The second-order valence-corrected chi connectivity index (χ2v) is 4.19. The first-order valence-corrected chi connectivity index (χ1v) is 5.63. The van der Waals surface area contributed by atoms with Crippen LogP contribution in [0, 0.1) is 17.5 Å². The first kappa shape index (κ1) is 12.4. The lowest BCUT2D eigenvalue weighted by Crippen LogP contribution is -2.29. The van der Waals surface area contributed by atoms with Gasteiger partial charge in [0.25, 0.3) is 11.8 Å². The first-order chi connectivity index (χ1) is 9.52. The van der Waals surface area contributed by atoms with Crippen molar-refractivity contribution in [2.45, 2.75) is 0 Å². The van der Waals surface area contributed by atoms with Crippen LogP contribution in [0.3, 0.4) is 0 Å². The summed E-state index contributed by atoms with van der Waals surface area (Å²) in [6.45, 7) is 0. The Morgan fingerprint density at radius 1 is 0.800 bits per heavy atom. The highest BCUT2D eigenvalue weighted by Crippen LogP contribution is 2.32. The monoisotopic (exact) mass is 277 g/mol. The van der Waals surface area contributed by atoms with Crippen molar-refractivity contribution >= 4 is 17.5 Å². The summed E-state index contributed by atoms with van der Waals surface area (Å²) in [5.41, 5.74) is -1.44. The molecule has 20 heavy (non-hydrogen) atoms. The van der Waals surface area contributed by atoms with Crippen molar-refractivity contribution in [2.24, 2.45) is 0 Å². The van der Waals surface area contributed by atoms with Gasteiger partial charge in [-0.05, 0) is 12.1 Å². The molecule has 0 aliphatic carbocycles. The zero-order valence-corrected chi connectivity index (χ0v) is 9.86. The van der Waals surface area contributed by atoms with E-state index in [1.807, 2.05) is 0 Å². The molecule has 1 heterocycles. The van der Waals surface area contributed by atoms with Crippen LogP contribution in [0.25, 0.3) is 0 Å². The lowest BCUT2D eigenvalue weighted by atomic mass is 10.1. The number of para-hydroxylation sites is 1. The molecule has 0 atom stereocenters. The van der Waals surface area contributed by atoms with E-state index < -0.39 is 40.4 Å². The average molecular weight is 277 g/mol. The standard InChI is InChI=1S/C14H6F3NO2/c15-8-6-9(16)12(17)11-10(8)13(19)18(14(11)20)7-4-2-1-3-5-7/h1-6H. The number of benzene rings is 2. The van der Waals surface area contributed by atoms with Crippen molar-refractivity contribution < 1.29 is 22.8 Å². The molecule has 0 radical (unpaired) electrons. The smallest absolute Gasteiger partial charge is 0.268 e. The summed E-state index contributed by atoms with van der Waals surface area (Å²) in [6.07, 6.45) is 0. The van der Waals surface area contributed by atoms with Crippen molar-refractivity contribution in [3.05, 3.63) is 65.0 Å². The molecular weight excluding hydrogens is 271 g/mol. The van der Waals surface area contributed by atoms with E-state index in [2.05, 4.69) is 0 Å². The molecule has 2 aromatic carbocycles. The van der Waals surface area contributed by atoms with Crippen LogP contribution in [-0.2, 0) is 0 Å². The predicted octanol–water partition coefficient (Wildman–Crippen LogP) is 2.90. The van der Waals surface area contributed by atoms with Crippen molar-refractivity contribution in [3.8, 4) is 0 Å². The Hall–Kier alpha value is -2.63. The fourth-order valence-electron chi connectivity index (χ4n) is 2.13. The van der Waals surface area contributed by atoms with Gasteiger partial charge in [0, 0.05) is 6.07 Å². The van der Waals surface area contributed by atoms with Crippen LogP contribution >= 0.6 is 0 Å². The van der Waals surface area contributed by atoms with E-state index in [1.54, 1.807) is 18.2 Å². The topological polar surface area (TPSA) is 37.4 Å². The molecule has 1 aliphatic heterocycles. The number of imide groups is 1. The van der Waals surface area contributed by atoms with Gasteiger partial charge in [-0.15, -0.1) is 0 Å². The molecule has 0 fully saturated rings.